The number of pyridine rings is 1. The van der Waals surface area contributed by atoms with Gasteiger partial charge in [-0.05, 0) is 31.4 Å². The van der Waals surface area contributed by atoms with Crippen LogP contribution in [-0.4, -0.2) is 36.1 Å². The molecule has 0 amide bonds. The fourth-order valence-electron chi connectivity index (χ4n) is 2.15. The Kier molecular flexibility index (Phi) is 4.42. The zero-order valence-electron chi connectivity index (χ0n) is 11.5. The summed E-state index contributed by atoms with van der Waals surface area (Å²) in [6.45, 7) is 3.88. The van der Waals surface area contributed by atoms with Crippen molar-refractivity contribution in [2.75, 3.05) is 6.54 Å². The van der Waals surface area contributed by atoms with E-state index in [1.807, 2.05) is 6.92 Å². The summed E-state index contributed by atoms with van der Waals surface area (Å²) in [5, 5.41) is 9.86. The summed E-state index contributed by atoms with van der Waals surface area (Å²) < 4.78 is 27.1. The minimum Gasteiger partial charge on any atom is -0.393 e. The van der Waals surface area contributed by atoms with E-state index in [4.69, 9.17) is 0 Å². The van der Waals surface area contributed by atoms with E-state index in [-0.39, 0.29) is 10.8 Å². The van der Waals surface area contributed by atoms with Gasteiger partial charge in [-0.3, -0.25) is 0 Å². The second-order valence-electron chi connectivity index (χ2n) is 5.09. The summed E-state index contributed by atoms with van der Waals surface area (Å²) in [5.41, 5.74) is 0.546. The first-order valence-electron chi connectivity index (χ1n) is 6.50. The summed E-state index contributed by atoms with van der Waals surface area (Å²) in [6, 6.07) is 3.41. The van der Waals surface area contributed by atoms with Crippen LogP contribution in [0.1, 0.15) is 20.3 Å². The predicted octanol–water partition coefficient (Wildman–Crippen LogP) is 1.25. The molecule has 2 atom stereocenters. The molecule has 0 aliphatic rings. The summed E-state index contributed by atoms with van der Waals surface area (Å²) in [5.74, 6) is 0.0631. The number of sulfonamides is 1. The summed E-state index contributed by atoms with van der Waals surface area (Å²) >= 11 is 0. The number of hydrogen-bond donors (Lipinski definition) is 3. The molecule has 20 heavy (non-hydrogen) atoms. The number of hydrogen-bond acceptors (Lipinski definition) is 4. The van der Waals surface area contributed by atoms with Crippen LogP contribution in [-0.2, 0) is 10.0 Å². The lowest BCUT2D eigenvalue weighted by atomic mass is 10.1. The van der Waals surface area contributed by atoms with Gasteiger partial charge in [0.05, 0.1) is 6.10 Å². The lowest BCUT2D eigenvalue weighted by molar-refractivity contribution is 0.165. The van der Waals surface area contributed by atoms with Crippen molar-refractivity contribution in [1.29, 1.82) is 0 Å². The van der Waals surface area contributed by atoms with Crippen LogP contribution in [0.15, 0.2) is 29.4 Å². The first kappa shape index (κ1) is 15.0. The highest BCUT2D eigenvalue weighted by atomic mass is 32.2. The van der Waals surface area contributed by atoms with Crippen molar-refractivity contribution >= 4 is 21.1 Å². The standard InChI is InChI=1S/C13H19N3O3S/c1-9(6-10(2)17)7-16-20(18,19)12-8-15-13-11(12)4-3-5-14-13/h3-5,8-10,16-17H,6-7H2,1-2H3,(H,14,15). The fraction of sp³-hybridized carbons (Fsp3) is 0.462. The molecule has 0 aromatic carbocycles. The highest BCUT2D eigenvalue weighted by Gasteiger charge is 2.20. The number of H-pyrrole nitrogens is 1. The van der Waals surface area contributed by atoms with Crippen LogP contribution >= 0.6 is 0 Å². The van der Waals surface area contributed by atoms with E-state index < -0.39 is 16.1 Å². The molecule has 0 aliphatic carbocycles. The van der Waals surface area contributed by atoms with Crippen LogP contribution in [0.2, 0.25) is 0 Å². The average molecular weight is 297 g/mol. The van der Waals surface area contributed by atoms with Crippen molar-refractivity contribution in [2.45, 2.75) is 31.3 Å². The number of aromatic nitrogens is 2. The van der Waals surface area contributed by atoms with Gasteiger partial charge in [-0.15, -0.1) is 0 Å². The zero-order chi connectivity index (χ0) is 14.8. The summed E-state index contributed by atoms with van der Waals surface area (Å²) in [4.78, 5) is 7.11. The maximum absolute atomic E-state index is 12.3. The van der Waals surface area contributed by atoms with E-state index in [1.165, 1.54) is 6.20 Å². The van der Waals surface area contributed by atoms with E-state index in [1.54, 1.807) is 25.3 Å². The first-order valence-corrected chi connectivity index (χ1v) is 7.98. The molecule has 6 nitrogen and oxygen atoms in total. The number of rotatable bonds is 6. The predicted molar refractivity (Wildman–Crippen MR) is 76.7 cm³/mol. The molecule has 7 heteroatoms. The molecule has 0 saturated heterocycles. The van der Waals surface area contributed by atoms with Gasteiger partial charge in [-0.1, -0.05) is 6.92 Å². The Morgan fingerprint density at radius 3 is 2.90 bits per heavy atom. The molecule has 0 aliphatic heterocycles. The SMILES string of the molecule is CC(O)CC(C)CNS(=O)(=O)c1c[nH]c2ncccc12. The van der Waals surface area contributed by atoms with Crippen LogP contribution in [0.4, 0.5) is 0 Å². The highest BCUT2D eigenvalue weighted by Crippen LogP contribution is 2.20. The second-order valence-corrected chi connectivity index (χ2v) is 6.83. The molecule has 0 spiro atoms. The van der Waals surface area contributed by atoms with E-state index in [0.29, 0.717) is 24.0 Å². The van der Waals surface area contributed by atoms with Crippen molar-refractivity contribution in [3.05, 3.63) is 24.5 Å². The highest BCUT2D eigenvalue weighted by molar-refractivity contribution is 7.89. The van der Waals surface area contributed by atoms with Gasteiger partial charge in [0.2, 0.25) is 10.0 Å². The molecule has 2 aromatic rings. The molecule has 3 N–H and O–H groups in total. The first-order chi connectivity index (χ1) is 9.40. The maximum Gasteiger partial charge on any atom is 0.242 e. The van der Waals surface area contributed by atoms with E-state index in [0.717, 1.165) is 0 Å². The summed E-state index contributed by atoms with van der Waals surface area (Å²) in [6.07, 6.45) is 3.16. The number of nitrogens with zero attached hydrogens (tertiary/aromatic N) is 1. The van der Waals surface area contributed by atoms with Crippen molar-refractivity contribution in [2.24, 2.45) is 5.92 Å². The van der Waals surface area contributed by atoms with E-state index in [2.05, 4.69) is 14.7 Å². The monoisotopic (exact) mass is 297 g/mol. The molecule has 0 fully saturated rings. The molecule has 0 radical (unpaired) electrons. The van der Waals surface area contributed by atoms with Crippen LogP contribution in [0, 0.1) is 5.92 Å². The third-order valence-corrected chi connectivity index (χ3v) is 4.53. The Balaban J connectivity index is 2.15. The minimum atomic E-state index is -3.58. The smallest absolute Gasteiger partial charge is 0.242 e. The van der Waals surface area contributed by atoms with Gasteiger partial charge in [0.25, 0.3) is 0 Å². The second kappa shape index (κ2) is 5.90. The van der Waals surface area contributed by atoms with Gasteiger partial charge in [0.1, 0.15) is 10.5 Å². The van der Waals surface area contributed by atoms with Crippen LogP contribution in [0.3, 0.4) is 0 Å². The minimum absolute atomic E-state index is 0.0631. The number of nitrogens with one attached hydrogen (secondary N) is 2. The topological polar surface area (TPSA) is 95.1 Å². The number of aliphatic hydroxyl groups excluding tert-OH is 1. The Labute approximate surface area is 118 Å². The van der Waals surface area contributed by atoms with Gasteiger partial charge >= 0.3 is 0 Å². The van der Waals surface area contributed by atoms with Crippen molar-refractivity contribution in [3.8, 4) is 0 Å². The molecular weight excluding hydrogens is 278 g/mol. The quantitative estimate of drug-likeness (QED) is 0.747. The molecular formula is C13H19N3O3S. The molecule has 2 aromatic heterocycles. The Morgan fingerprint density at radius 1 is 1.45 bits per heavy atom. The fourth-order valence-corrected chi connectivity index (χ4v) is 3.48. The van der Waals surface area contributed by atoms with E-state index in [9.17, 15) is 13.5 Å². The maximum atomic E-state index is 12.3. The van der Waals surface area contributed by atoms with E-state index >= 15 is 0 Å². The van der Waals surface area contributed by atoms with Crippen LogP contribution < -0.4 is 4.72 Å². The summed E-state index contributed by atoms with van der Waals surface area (Å²) in [7, 11) is -3.58. The van der Waals surface area contributed by atoms with Gasteiger partial charge in [-0.2, -0.15) is 0 Å². The molecule has 110 valence electrons. The van der Waals surface area contributed by atoms with Crippen LogP contribution in [0.5, 0.6) is 0 Å². The Morgan fingerprint density at radius 2 is 2.20 bits per heavy atom. The Hall–Kier alpha value is -1.44. The van der Waals surface area contributed by atoms with Crippen molar-refractivity contribution in [1.82, 2.24) is 14.7 Å². The normalized spacial score (nSPS) is 15.3. The largest absolute Gasteiger partial charge is 0.393 e. The molecule has 0 bridgehead atoms. The van der Waals surface area contributed by atoms with Crippen LogP contribution in [0.25, 0.3) is 11.0 Å². The third-order valence-electron chi connectivity index (χ3n) is 3.07. The number of fused-ring (bicyclic) bond motifs is 1. The lowest BCUT2D eigenvalue weighted by Gasteiger charge is -2.14. The number of aliphatic hydroxyl groups is 1. The Bertz CT molecular complexity index is 679. The van der Waals surface area contributed by atoms with Gasteiger partial charge in [0.15, 0.2) is 0 Å². The van der Waals surface area contributed by atoms with Crippen molar-refractivity contribution < 1.29 is 13.5 Å². The molecule has 2 heterocycles. The molecule has 0 saturated carbocycles. The molecule has 2 rings (SSSR count). The van der Waals surface area contributed by atoms with Gasteiger partial charge < -0.3 is 10.1 Å². The number of aromatic amines is 1. The van der Waals surface area contributed by atoms with Gasteiger partial charge in [-0.25, -0.2) is 18.1 Å². The lowest BCUT2D eigenvalue weighted by Crippen LogP contribution is -2.29. The molecule has 2 unspecified atom stereocenters. The zero-order valence-corrected chi connectivity index (χ0v) is 12.3. The average Bonchev–Trinajstić information content (AvgIpc) is 2.80. The van der Waals surface area contributed by atoms with Crippen molar-refractivity contribution in [3.63, 3.8) is 0 Å². The third kappa shape index (κ3) is 3.36. The van der Waals surface area contributed by atoms with Gasteiger partial charge in [0, 0.05) is 24.3 Å².